The SMILES string of the molecule is Nc1nc(N)c2nc(-c3ccccc3-c3ccccc3)c(N)nc2n1. The molecule has 0 bridgehead atoms. The van der Waals surface area contributed by atoms with Crippen LogP contribution >= 0.6 is 0 Å². The molecule has 0 aliphatic rings. The standard InChI is InChI=1S/C18H15N7/c19-15-13(22-14-16(20)24-18(21)25-17(14)23-15)12-9-5-4-8-11(12)10-6-2-1-3-7-10/h1-9H,(H6,19,20,21,23,24,25). The van der Waals surface area contributed by atoms with Crippen LogP contribution < -0.4 is 17.2 Å². The summed E-state index contributed by atoms with van der Waals surface area (Å²) in [5.74, 6) is 0.470. The van der Waals surface area contributed by atoms with Crippen molar-refractivity contribution in [3.05, 3.63) is 54.6 Å². The van der Waals surface area contributed by atoms with Crippen LogP contribution in [0.4, 0.5) is 17.6 Å². The van der Waals surface area contributed by atoms with Gasteiger partial charge in [-0.3, -0.25) is 0 Å². The third-order valence-corrected chi connectivity index (χ3v) is 3.87. The molecule has 0 saturated heterocycles. The average Bonchev–Trinajstić information content (AvgIpc) is 2.62. The van der Waals surface area contributed by atoms with Crippen LogP contribution in [-0.2, 0) is 0 Å². The lowest BCUT2D eigenvalue weighted by molar-refractivity contribution is 1.17. The minimum Gasteiger partial charge on any atom is -0.382 e. The second kappa shape index (κ2) is 5.72. The van der Waals surface area contributed by atoms with E-state index in [1.54, 1.807) is 0 Å². The first kappa shape index (κ1) is 14.8. The molecule has 2 aromatic heterocycles. The van der Waals surface area contributed by atoms with Crippen molar-refractivity contribution in [2.24, 2.45) is 0 Å². The number of anilines is 3. The van der Waals surface area contributed by atoms with Gasteiger partial charge in [-0.15, -0.1) is 0 Å². The van der Waals surface area contributed by atoms with Gasteiger partial charge in [0.05, 0.1) is 0 Å². The van der Waals surface area contributed by atoms with Gasteiger partial charge in [0.1, 0.15) is 5.69 Å². The summed E-state index contributed by atoms with van der Waals surface area (Å²) >= 11 is 0. The summed E-state index contributed by atoms with van der Waals surface area (Å²) in [6, 6.07) is 17.8. The number of rotatable bonds is 2. The molecule has 0 atom stereocenters. The summed E-state index contributed by atoms with van der Waals surface area (Å²) in [5, 5.41) is 0. The number of hydrogen-bond donors (Lipinski definition) is 3. The minimum atomic E-state index is 0.0381. The molecule has 0 radical (unpaired) electrons. The number of nitrogens with two attached hydrogens (primary N) is 3. The van der Waals surface area contributed by atoms with Crippen LogP contribution in [0.15, 0.2) is 54.6 Å². The third-order valence-electron chi connectivity index (χ3n) is 3.87. The summed E-state index contributed by atoms with van der Waals surface area (Å²) < 4.78 is 0. The zero-order valence-corrected chi connectivity index (χ0v) is 13.2. The highest BCUT2D eigenvalue weighted by Gasteiger charge is 2.16. The van der Waals surface area contributed by atoms with Crippen LogP contribution in [-0.4, -0.2) is 19.9 Å². The Morgan fingerprint density at radius 3 is 2.04 bits per heavy atom. The number of hydrogen-bond acceptors (Lipinski definition) is 7. The molecule has 25 heavy (non-hydrogen) atoms. The maximum atomic E-state index is 6.15. The molecular formula is C18H15N7. The molecule has 0 aliphatic carbocycles. The monoisotopic (exact) mass is 329 g/mol. The largest absolute Gasteiger partial charge is 0.382 e. The molecule has 7 nitrogen and oxygen atoms in total. The molecule has 0 amide bonds. The Morgan fingerprint density at radius 2 is 1.28 bits per heavy atom. The van der Waals surface area contributed by atoms with Crippen molar-refractivity contribution < 1.29 is 0 Å². The highest BCUT2D eigenvalue weighted by atomic mass is 15.1. The first-order valence-corrected chi connectivity index (χ1v) is 7.64. The van der Waals surface area contributed by atoms with Gasteiger partial charge in [0, 0.05) is 5.56 Å². The molecule has 6 N–H and O–H groups in total. The molecule has 0 aliphatic heterocycles. The fraction of sp³-hybridized carbons (Fsp3) is 0. The molecule has 4 rings (SSSR count). The number of benzene rings is 2. The first-order valence-electron chi connectivity index (χ1n) is 7.64. The Morgan fingerprint density at radius 1 is 0.600 bits per heavy atom. The number of nitrogens with zero attached hydrogens (tertiary/aromatic N) is 4. The van der Waals surface area contributed by atoms with E-state index < -0.39 is 0 Å². The molecule has 2 heterocycles. The van der Waals surface area contributed by atoms with Gasteiger partial charge in [-0.05, 0) is 11.1 Å². The zero-order chi connectivity index (χ0) is 17.4. The predicted molar refractivity (Wildman–Crippen MR) is 99.2 cm³/mol. The molecule has 2 aromatic carbocycles. The van der Waals surface area contributed by atoms with E-state index >= 15 is 0 Å². The highest BCUT2D eigenvalue weighted by Crippen LogP contribution is 2.34. The summed E-state index contributed by atoms with van der Waals surface area (Å²) in [6.45, 7) is 0. The number of aromatic nitrogens is 4. The number of nitrogen functional groups attached to an aromatic ring is 3. The zero-order valence-electron chi connectivity index (χ0n) is 13.2. The lowest BCUT2D eigenvalue weighted by Crippen LogP contribution is -2.06. The van der Waals surface area contributed by atoms with E-state index in [1.807, 2.05) is 54.6 Å². The maximum Gasteiger partial charge on any atom is 0.224 e. The maximum absolute atomic E-state index is 6.15. The van der Waals surface area contributed by atoms with Crippen LogP contribution in [0.3, 0.4) is 0 Å². The smallest absolute Gasteiger partial charge is 0.224 e. The molecule has 0 fully saturated rings. The normalized spacial score (nSPS) is 10.9. The van der Waals surface area contributed by atoms with Crippen molar-refractivity contribution in [3.63, 3.8) is 0 Å². The van der Waals surface area contributed by atoms with E-state index in [2.05, 4.69) is 19.9 Å². The molecule has 4 aromatic rings. The summed E-state index contributed by atoms with van der Waals surface area (Å²) in [4.78, 5) is 16.9. The molecule has 7 heteroatoms. The quantitative estimate of drug-likeness (QED) is 0.515. The van der Waals surface area contributed by atoms with E-state index in [1.165, 1.54) is 0 Å². The van der Waals surface area contributed by atoms with Crippen LogP contribution in [0, 0.1) is 0 Å². The number of fused-ring (bicyclic) bond motifs is 1. The fourth-order valence-corrected chi connectivity index (χ4v) is 2.76. The van der Waals surface area contributed by atoms with Crippen molar-refractivity contribution in [2.75, 3.05) is 17.2 Å². The van der Waals surface area contributed by atoms with E-state index in [-0.39, 0.29) is 23.2 Å². The first-order chi connectivity index (χ1) is 12.1. The average molecular weight is 329 g/mol. The Hall–Kier alpha value is -3.74. The minimum absolute atomic E-state index is 0.0381. The van der Waals surface area contributed by atoms with Crippen molar-refractivity contribution in [2.45, 2.75) is 0 Å². The van der Waals surface area contributed by atoms with E-state index in [4.69, 9.17) is 17.2 Å². The summed E-state index contributed by atoms with van der Waals surface area (Å²) in [6.07, 6.45) is 0. The Balaban J connectivity index is 1.99. The van der Waals surface area contributed by atoms with Gasteiger partial charge in [0.25, 0.3) is 0 Å². The van der Waals surface area contributed by atoms with E-state index in [9.17, 15) is 0 Å². The molecular weight excluding hydrogens is 314 g/mol. The lowest BCUT2D eigenvalue weighted by Gasteiger charge is -2.12. The van der Waals surface area contributed by atoms with Gasteiger partial charge in [-0.1, -0.05) is 54.6 Å². The van der Waals surface area contributed by atoms with Gasteiger partial charge in [-0.2, -0.15) is 9.97 Å². The molecule has 0 unspecified atom stereocenters. The second-order valence-corrected chi connectivity index (χ2v) is 5.51. The summed E-state index contributed by atoms with van der Waals surface area (Å²) in [5.41, 5.74) is 21.8. The van der Waals surface area contributed by atoms with Crippen molar-refractivity contribution in [3.8, 4) is 22.4 Å². The third kappa shape index (κ3) is 2.57. The van der Waals surface area contributed by atoms with Gasteiger partial charge in [0.2, 0.25) is 5.95 Å². The summed E-state index contributed by atoms with van der Waals surface area (Å²) in [7, 11) is 0. The van der Waals surface area contributed by atoms with Crippen molar-refractivity contribution in [1.82, 2.24) is 19.9 Å². The molecule has 0 spiro atoms. The van der Waals surface area contributed by atoms with Crippen LogP contribution in [0.2, 0.25) is 0 Å². The van der Waals surface area contributed by atoms with Crippen LogP contribution in [0.1, 0.15) is 0 Å². The van der Waals surface area contributed by atoms with E-state index in [0.29, 0.717) is 11.2 Å². The topological polar surface area (TPSA) is 130 Å². The highest BCUT2D eigenvalue weighted by molar-refractivity contribution is 5.91. The predicted octanol–water partition coefficient (Wildman–Crippen LogP) is 2.50. The molecule has 0 saturated carbocycles. The van der Waals surface area contributed by atoms with E-state index in [0.717, 1.165) is 16.7 Å². The Labute approximate surface area is 143 Å². The lowest BCUT2D eigenvalue weighted by atomic mass is 9.97. The van der Waals surface area contributed by atoms with Gasteiger partial charge in [0.15, 0.2) is 22.8 Å². The van der Waals surface area contributed by atoms with Crippen LogP contribution in [0.25, 0.3) is 33.5 Å². The second-order valence-electron chi connectivity index (χ2n) is 5.51. The van der Waals surface area contributed by atoms with Crippen molar-refractivity contribution in [1.29, 1.82) is 0 Å². The van der Waals surface area contributed by atoms with Crippen molar-refractivity contribution >= 4 is 28.7 Å². The van der Waals surface area contributed by atoms with Crippen LogP contribution in [0.5, 0.6) is 0 Å². The Kier molecular flexibility index (Phi) is 3.39. The fourth-order valence-electron chi connectivity index (χ4n) is 2.76. The Bertz CT molecular complexity index is 1080. The van der Waals surface area contributed by atoms with Gasteiger partial charge >= 0.3 is 0 Å². The van der Waals surface area contributed by atoms with Gasteiger partial charge < -0.3 is 17.2 Å². The molecule has 122 valence electrons. The van der Waals surface area contributed by atoms with Gasteiger partial charge in [-0.25, -0.2) is 9.97 Å².